The summed E-state index contributed by atoms with van der Waals surface area (Å²) in [6.07, 6.45) is -0.865. The Morgan fingerprint density at radius 3 is 2.24 bits per heavy atom. The van der Waals surface area contributed by atoms with Crippen molar-refractivity contribution in [2.45, 2.75) is 51.8 Å². The molecule has 0 spiro atoms. The number of rotatable bonds is 6. The van der Waals surface area contributed by atoms with E-state index in [-0.39, 0.29) is 17.6 Å². The molecule has 0 aliphatic heterocycles. The van der Waals surface area contributed by atoms with Crippen molar-refractivity contribution in [2.24, 2.45) is 0 Å². The second-order valence-electron chi connectivity index (χ2n) is 7.70. The van der Waals surface area contributed by atoms with Crippen molar-refractivity contribution < 1.29 is 35.0 Å². The van der Waals surface area contributed by atoms with Crippen LogP contribution in [0.4, 0.5) is 13.2 Å². The molecule has 0 amide bonds. The molecule has 2 aromatic carbocycles. The molecular formula is C19H24F3O5PS. The van der Waals surface area contributed by atoms with Crippen LogP contribution in [0.15, 0.2) is 24.3 Å². The molecule has 0 N–H and O–H groups in total. The van der Waals surface area contributed by atoms with Gasteiger partial charge in [0.25, 0.3) is 0 Å². The van der Waals surface area contributed by atoms with Gasteiger partial charge < -0.3 is 13.4 Å². The van der Waals surface area contributed by atoms with Gasteiger partial charge in [0, 0.05) is 20.4 Å². The van der Waals surface area contributed by atoms with Crippen molar-refractivity contribution >= 4 is 30.4 Å². The van der Waals surface area contributed by atoms with Crippen molar-refractivity contribution in [2.75, 3.05) is 6.61 Å². The molecule has 5 nitrogen and oxygen atoms in total. The van der Waals surface area contributed by atoms with E-state index in [9.17, 15) is 21.6 Å². The largest absolute Gasteiger partial charge is 0.534 e. The van der Waals surface area contributed by atoms with E-state index in [1.54, 1.807) is 58.9 Å². The number of aryl methyl sites for hydroxylation is 2. The van der Waals surface area contributed by atoms with E-state index < -0.39 is 33.1 Å². The van der Waals surface area contributed by atoms with Crippen LogP contribution in [0.3, 0.4) is 0 Å². The molecule has 0 saturated heterocycles. The molecule has 0 heterocycles. The highest BCUT2D eigenvalue weighted by molar-refractivity contribution is 7.88. The Kier molecular flexibility index (Phi) is 6.89. The maximum absolute atomic E-state index is 13.1. The van der Waals surface area contributed by atoms with Gasteiger partial charge in [0.2, 0.25) is 0 Å². The fourth-order valence-electron chi connectivity index (χ4n) is 2.97. The van der Waals surface area contributed by atoms with Crippen molar-refractivity contribution in [3.05, 3.63) is 41.0 Å². The number of benzene rings is 2. The number of halogens is 3. The van der Waals surface area contributed by atoms with Crippen molar-refractivity contribution in [3.8, 4) is 5.75 Å². The van der Waals surface area contributed by atoms with Gasteiger partial charge in [0.15, 0.2) is 5.75 Å². The van der Waals surface area contributed by atoms with E-state index in [1.165, 1.54) is 0 Å². The molecule has 2 rings (SSSR count). The van der Waals surface area contributed by atoms with Gasteiger partial charge in [-0.15, -0.1) is 0 Å². The molecule has 0 saturated carbocycles. The standard InChI is InChI=1S/C19H24F3O5PS/c1-11-6-7-13-9-12(2)16(15(10-25-28)26-18(3,4)5)17(14(13)8-11)27-29(23,24)19(20,21)22/h6-9,15H,10,28H2,1-5H3/t15-/m1/s1. The highest BCUT2D eigenvalue weighted by atomic mass is 32.2. The van der Waals surface area contributed by atoms with Gasteiger partial charge >= 0.3 is 15.6 Å². The number of fused-ring (bicyclic) bond motifs is 1. The van der Waals surface area contributed by atoms with Crippen molar-refractivity contribution in [1.82, 2.24) is 0 Å². The minimum absolute atomic E-state index is 0.0392. The summed E-state index contributed by atoms with van der Waals surface area (Å²) in [7, 11) is -3.84. The van der Waals surface area contributed by atoms with Gasteiger partial charge in [0.1, 0.15) is 6.10 Å². The Bertz CT molecular complexity index is 998. The van der Waals surface area contributed by atoms with Crippen LogP contribution in [0.25, 0.3) is 10.8 Å². The zero-order chi connectivity index (χ0) is 22.2. The summed E-state index contributed by atoms with van der Waals surface area (Å²) >= 11 is 0. The van der Waals surface area contributed by atoms with E-state index in [1.807, 2.05) is 0 Å². The summed E-state index contributed by atoms with van der Waals surface area (Å²) in [6.45, 7) is 8.69. The highest BCUT2D eigenvalue weighted by Gasteiger charge is 2.49. The molecule has 2 aromatic rings. The van der Waals surface area contributed by atoms with Gasteiger partial charge in [-0.05, 0) is 51.6 Å². The molecule has 2 atom stereocenters. The fourth-order valence-corrected chi connectivity index (χ4v) is 3.63. The predicted molar refractivity (Wildman–Crippen MR) is 108 cm³/mol. The lowest BCUT2D eigenvalue weighted by atomic mass is 9.95. The van der Waals surface area contributed by atoms with Crippen LogP contribution in [-0.4, -0.2) is 26.1 Å². The smallest absolute Gasteiger partial charge is 0.375 e. The number of hydrogen-bond acceptors (Lipinski definition) is 5. The van der Waals surface area contributed by atoms with Gasteiger partial charge in [-0.3, -0.25) is 0 Å². The average Bonchev–Trinajstić information content (AvgIpc) is 2.52. The monoisotopic (exact) mass is 452 g/mol. The molecule has 0 radical (unpaired) electrons. The first-order valence-corrected chi connectivity index (χ1v) is 10.6. The average molecular weight is 452 g/mol. The maximum atomic E-state index is 13.1. The first kappa shape index (κ1) is 23.9. The maximum Gasteiger partial charge on any atom is 0.534 e. The normalized spacial score (nSPS) is 14.2. The fraction of sp³-hybridized carbons (Fsp3) is 0.474. The molecular weight excluding hydrogens is 428 g/mol. The van der Waals surface area contributed by atoms with Gasteiger partial charge in [-0.2, -0.15) is 21.6 Å². The molecule has 0 fully saturated rings. The third-order valence-electron chi connectivity index (χ3n) is 4.04. The van der Waals surface area contributed by atoms with E-state index in [4.69, 9.17) is 13.4 Å². The Morgan fingerprint density at radius 1 is 1.10 bits per heavy atom. The first-order valence-electron chi connectivity index (χ1n) is 8.70. The Hall–Kier alpha value is -1.41. The van der Waals surface area contributed by atoms with Crippen LogP contribution in [0.1, 0.15) is 43.6 Å². The van der Waals surface area contributed by atoms with Crippen molar-refractivity contribution in [1.29, 1.82) is 0 Å². The highest BCUT2D eigenvalue weighted by Crippen LogP contribution is 2.42. The second-order valence-corrected chi connectivity index (χ2v) is 9.57. The van der Waals surface area contributed by atoms with E-state index in [2.05, 4.69) is 9.47 Å². The van der Waals surface area contributed by atoms with E-state index in [0.29, 0.717) is 10.9 Å². The molecule has 0 aliphatic carbocycles. The van der Waals surface area contributed by atoms with Gasteiger partial charge in [0.05, 0.1) is 12.2 Å². The van der Waals surface area contributed by atoms with Crippen LogP contribution in [0.5, 0.6) is 5.75 Å². The van der Waals surface area contributed by atoms with E-state index >= 15 is 0 Å². The Morgan fingerprint density at radius 2 is 1.72 bits per heavy atom. The molecule has 1 unspecified atom stereocenters. The molecule has 0 aliphatic rings. The predicted octanol–water partition coefficient (Wildman–Crippen LogP) is 5.35. The summed E-state index contributed by atoms with van der Waals surface area (Å²) in [5.41, 5.74) is -4.81. The van der Waals surface area contributed by atoms with Crippen LogP contribution in [-0.2, 0) is 19.4 Å². The number of alkyl halides is 3. The van der Waals surface area contributed by atoms with Gasteiger partial charge in [-0.1, -0.05) is 23.8 Å². The molecule has 0 bridgehead atoms. The minimum atomic E-state index is -5.89. The van der Waals surface area contributed by atoms with Crippen molar-refractivity contribution in [3.63, 3.8) is 0 Å². The summed E-state index contributed by atoms with van der Waals surface area (Å²) in [5.74, 6) is -0.405. The summed E-state index contributed by atoms with van der Waals surface area (Å²) in [4.78, 5) is 0. The van der Waals surface area contributed by atoms with Crippen LogP contribution >= 0.6 is 9.47 Å². The quantitative estimate of drug-likeness (QED) is 0.336. The molecule has 10 heteroatoms. The lowest BCUT2D eigenvalue weighted by Crippen LogP contribution is -2.30. The number of hydrogen-bond donors (Lipinski definition) is 0. The minimum Gasteiger partial charge on any atom is -0.375 e. The first-order chi connectivity index (χ1) is 13.2. The lowest BCUT2D eigenvalue weighted by molar-refractivity contribution is -0.0771. The lowest BCUT2D eigenvalue weighted by Gasteiger charge is -2.30. The summed E-state index contributed by atoms with van der Waals surface area (Å²) in [6, 6.07) is 6.80. The third-order valence-corrected chi connectivity index (χ3v) is 5.18. The van der Waals surface area contributed by atoms with Crippen LogP contribution in [0.2, 0.25) is 0 Å². The zero-order valence-electron chi connectivity index (χ0n) is 16.8. The Balaban J connectivity index is 2.84. The third kappa shape index (κ3) is 5.60. The molecule has 162 valence electrons. The Labute approximate surface area is 170 Å². The zero-order valence-corrected chi connectivity index (χ0v) is 18.7. The number of ether oxygens (including phenoxy) is 1. The van der Waals surface area contributed by atoms with Crippen LogP contribution in [0, 0.1) is 13.8 Å². The summed E-state index contributed by atoms with van der Waals surface area (Å²) in [5, 5.41) is 0.787. The van der Waals surface area contributed by atoms with E-state index in [0.717, 1.165) is 5.56 Å². The van der Waals surface area contributed by atoms with Gasteiger partial charge in [-0.25, -0.2) is 0 Å². The molecule has 29 heavy (non-hydrogen) atoms. The second kappa shape index (κ2) is 8.38. The van der Waals surface area contributed by atoms with Crippen LogP contribution < -0.4 is 4.18 Å². The summed E-state index contributed by atoms with van der Waals surface area (Å²) < 4.78 is 78.7. The topological polar surface area (TPSA) is 61.8 Å². The molecule has 0 aromatic heterocycles. The SMILES string of the molecule is Cc1ccc2cc(C)c([C@@H](COP)OC(C)(C)C)c(OS(=O)(=O)C(F)(F)F)c2c1.